The van der Waals surface area contributed by atoms with Crippen LogP contribution in [0.4, 0.5) is 18.9 Å². The molecule has 2 aromatic carbocycles. The Kier molecular flexibility index (Phi) is 11.0. The van der Waals surface area contributed by atoms with Gasteiger partial charge in [0.25, 0.3) is 0 Å². The summed E-state index contributed by atoms with van der Waals surface area (Å²) < 4.78 is 47.8. The number of fused-ring (bicyclic) bond motifs is 1. The van der Waals surface area contributed by atoms with Crippen molar-refractivity contribution in [2.24, 2.45) is 0 Å². The number of nitriles is 1. The fraction of sp³-hybridized carbons (Fsp3) is 0.480. The zero-order valence-electron chi connectivity index (χ0n) is 19.6. The third-order valence-corrected chi connectivity index (χ3v) is 5.56. The Morgan fingerprint density at radius 1 is 1.20 bits per heavy atom. The Morgan fingerprint density at radius 2 is 1.91 bits per heavy atom. The predicted octanol–water partition coefficient (Wildman–Crippen LogP) is 4.27. The molecule has 2 aromatic rings. The molecule has 0 radical (unpaired) electrons. The number of alkyl halides is 3. The van der Waals surface area contributed by atoms with Crippen LogP contribution < -0.4 is 19.7 Å². The Bertz CT molecular complexity index is 998. The van der Waals surface area contributed by atoms with Gasteiger partial charge >= 0.3 is 6.18 Å². The zero-order valence-corrected chi connectivity index (χ0v) is 20.4. The number of anilines is 1. The summed E-state index contributed by atoms with van der Waals surface area (Å²) in [6.45, 7) is 3.15. The second-order valence-corrected chi connectivity index (χ2v) is 8.34. The molecule has 0 spiro atoms. The highest BCUT2D eigenvalue weighted by Gasteiger charge is 2.29. The van der Waals surface area contributed by atoms with Crippen molar-refractivity contribution in [1.82, 2.24) is 5.32 Å². The quantitative estimate of drug-likeness (QED) is 0.413. The second kappa shape index (κ2) is 13.4. The summed E-state index contributed by atoms with van der Waals surface area (Å²) in [7, 11) is 0. The summed E-state index contributed by atoms with van der Waals surface area (Å²) in [6.07, 6.45) is -2.13. The molecule has 35 heavy (non-hydrogen) atoms. The number of nitrogens with zero attached hydrogens (tertiary/aromatic N) is 2. The van der Waals surface area contributed by atoms with Gasteiger partial charge in [-0.2, -0.15) is 18.4 Å². The highest BCUT2D eigenvalue weighted by molar-refractivity contribution is 5.85. The first-order valence-corrected chi connectivity index (χ1v) is 11.4. The van der Waals surface area contributed by atoms with E-state index >= 15 is 0 Å². The van der Waals surface area contributed by atoms with E-state index in [-0.39, 0.29) is 43.2 Å². The molecule has 0 fully saturated rings. The van der Waals surface area contributed by atoms with E-state index in [2.05, 4.69) is 22.4 Å². The van der Waals surface area contributed by atoms with E-state index in [1.54, 1.807) is 18.2 Å². The van der Waals surface area contributed by atoms with Crippen LogP contribution in [-0.2, 0) is 12.8 Å². The first kappa shape index (κ1) is 28.6. The molecular formula is C25H31ClF3N3O3. The van der Waals surface area contributed by atoms with Gasteiger partial charge in [0.1, 0.15) is 12.7 Å². The lowest BCUT2D eigenvalue weighted by Gasteiger charge is -2.21. The Morgan fingerprint density at radius 3 is 2.57 bits per heavy atom. The first-order valence-electron chi connectivity index (χ1n) is 11.4. The summed E-state index contributed by atoms with van der Waals surface area (Å²) in [4.78, 5) is 2.17. The molecule has 0 aliphatic carbocycles. The summed E-state index contributed by atoms with van der Waals surface area (Å²) in [5, 5.41) is 22.1. The van der Waals surface area contributed by atoms with Gasteiger partial charge in [0.2, 0.25) is 0 Å². The van der Waals surface area contributed by atoms with Crippen LogP contribution in [0.2, 0.25) is 0 Å². The van der Waals surface area contributed by atoms with Gasteiger partial charge in [-0.15, -0.1) is 12.4 Å². The monoisotopic (exact) mass is 513 g/mol. The predicted molar refractivity (Wildman–Crippen MR) is 131 cm³/mol. The van der Waals surface area contributed by atoms with Gasteiger partial charge in [-0.1, -0.05) is 18.2 Å². The number of aliphatic hydroxyl groups excluding tert-OH is 1. The molecule has 2 N–H and O–H groups in total. The third-order valence-electron chi connectivity index (χ3n) is 5.56. The van der Waals surface area contributed by atoms with E-state index < -0.39 is 12.8 Å². The van der Waals surface area contributed by atoms with Gasteiger partial charge < -0.3 is 24.8 Å². The molecule has 0 unspecified atom stereocenters. The van der Waals surface area contributed by atoms with Crippen molar-refractivity contribution >= 4 is 18.1 Å². The maximum atomic E-state index is 12.4. The number of ether oxygens (including phenoxy) is 2. The minimum atomic E-state index is -4.41. The fourth-order valence-corrected chi connectivity index (χ4v) is 4.12. The van der Waals surface area contributed by atoms with Crippen molar-refractivity contribution in [3.8, 4) is 17.6 Å². The number of aliphatic hydroxyl groups is 1. The lowest BCUT2D eigenvalue weighted by atomic mass is 9.99. The van der Waals surface area contributed by atoms with Crippen LogP contribution in [0.15, 0.2) is 36.4 Å². The Balaban J connectivity index is 0.00000432. The lowest BCUT2D eigenvalue weighted by molar-refractivity contribution is -0.153. The van der Waals surface area contributed by atoms with Gasteiger partial charge in [0.15, 0.2) is 18.1 Å². The van der Waals surface area contributed by atoms with E-state index in [1.165, 1.54) is 6.07 Å². The van der Waals surface area contributed by atoms with E-state index in [4.69, 9.17) is 14.6 Å². The zero-order chi connectivity index (χ0) is 24.6. The highest BCUT2D eigenvalue weighted by atomic mass is 35.5. The van der Waals surface area contributed by atoms with Gasteiger partial charge in [0.05, 0.1) is 11.3 Å². The summed E-state index contributed by atoms with van der Waals surface area (Å²) in [5.41, 5.74) is 3.89. The van der Waals surface area contributed by atoms with Crippen molar-refractivity contribution in [2.45, 2.75) is 38.4 Å². The number of rotatable bonds is 12. The third kappa shape index (κ3) is 8.49. The van der Waals surface area contributed by atoms with Crippen molar-refractivity contribution < 1.29 is 27.8 Å². The van der Waals surface area contributed by atoms with Crippen LogP contribution in [0, 0.1) is 11.3 Å². The Hall–Kier alpha value is -2.67. The summed E-state index contributed by atoms with van der Waals surface area (Å²) in [5.74, 6) is 0.326. The molecular weight excluding hydrogens is 483 g/mol. The van der Waals surface area contributed by atoms with Crippen LogP contribution in [0.3, 0.4) is 0 Å². The standard InChI is InChI=1S/C25H30F3N3O3.ClH/c1-18(30-8-12-33-22-5-2-3-6-23(22)34-17-25(26,27)28)13-19-14-20-7-10-31(9-4-11-32)24(20)21(15-19)16-29;/h2-3,5-6,14-15,18,30,32H,4,7-13,17H2,1H3;1H/t18-;/m1./s1. The molecule has 0 saturated heterocycles. The maximum absolute atomic E-state index is 12.4. The lowest BCUT2D eigenvalue weighted by Crippen LogP contribution is -2.32. The fourth-order valence-electron chi connectivity index (χ4n) is 4.12. The minimum Gasteiger partial charge on any atom is -0.488 e. The van der Waals surface area contributed by atoms with E-state index in [9.17, 15) is 18.4 Å². The van der Waals surface area contributed by atoms with Crippen molar-refractivity contribution in [3.05, 3.63) is 53.1 Å². The van der Waals surface area contributed by atoms with Gasteiger partial charge in [-0.05, 0) is 55.5 Å². The normalized spacial score (nSPS) is 13.5. The van der Waals surface area contributed by atoms with Gasteiger partial charge in [0, 0.05) is 32.3 Å². The minimum absolute atomic E-state index is 0. The molecule has 1 heterocycles. The molecule has 0 saturated carbocycles. The number of para-hydroxylation sites is 2. The summed E-state index contributed by atoms with van der Waals surface area (Å²) in [6, 6.07) is 12.8. The smallest absolute Gasteiger partial charge is 0.422 e. The van der Waals surface area contributed by atoms with Crippen LogP contribution in [0.25, 0.3) is 0 Å². The van der Waals surface area contributed by atoms with Gasteiger partial charge in [-0.25, -0.2) is 0 Å². The number of benzene rings is 2. The van der Waals surface area contributed by atoms with Crippen molar-refractivity contribution in [1.29, 1.82) is 5.26 Å². The van der Waals surface area contributed by atoms with Crippen LogP contribution in [0.1, 0.15) is 30.0 Å². The van der Waals surface area contributed by atoms with Gasteiger partial charge in [-0.3, -0.25) is 0 Å². The maximum Gasteiger partial charge on any atom is 0.422 e. The largest absolute Gasteiger partial charge is 0.488 e. The molecule has 1 aliphatic rings. The average Bonchev–Trinajstić information content (AvgIpc) is 3.21. The van der Waals surface area contributed by atoms with Crippen LogP contribution in [-0.4, -0.2) is 56.8 Å². The SMILES string of the molecule is C[C@H](Cc1cc(C#N)c2c(c1)CCN2CCCO)NCCOc1ccccc1OCC(F)(F)F.Cl. The van der Waals surface area contributed by atoms with E-state index in [1.807, 2.05) is 13.0 Å². The van der Waals surface area contributed by atoms with E-state index in [0.717, 1.165) is 42.7 Å². The summed E-state index contributed by atoms with van der Waals surface area (Å²) >= 11 is 0. The van der Waals surface area contributed by atoms with Crippen LogP contribution in [0.5, 0.6) is 11.5 Å². The second-order valence-electron chi connectivity index (χ2n) is 8.34. The van der Waals surface area contributed by atoms with E-state index in [0.29, 0.717) is 18.5 Å². The van der Waals surface area contributed by atoms with Crippen molar-refractivity contribution in [2.75, 3.05) is 44.4 Å². The number of hydrogen-bond acceptors (Lipinski definition) is 6. The van der Waals surface area contributed by atoms with Crippen molar-refractivity contribution in [3.63, 3.8) is 0 Å². The topological polar surface area (TPSA) is 77.8 Å². The molecule has 0 bridgehead atoms. The Labute approximate surface area is 210 Å². The number of hydrogen-bond donors (Lipinski definition) is 2. The van der Waals surface area contributed by atoms with Crippen LogP contribution >= 0.6 is 12.4 Å². The molecule has 3 rings (SSSR count). The number of halogens is 4. The molecule has 0 amide bonds. The first-order chi connectivity index (χ1) is 16.3. The molecule has 1 atom stereocenters. The molecule has 10 heteroatoms. The highest BCUT2D eigenvalue weighted by Crippen LogP contribution is 2.33. The number of nitrogens with one attached hydrogen (secondary N) is 1. The average molecular weight is 514 g/mol. The molecule has 0 aromatic heterocycles. The molecule has 1 aliphatic heterocycles. The molecule has 6 nitrogen and oxygen atoms in total. The molecule has 192 valence electrons.